The van der Waals surface area contributed by atoms with E-state index < -0.39 is 4.92 Å². The fourth-order valence-corrected chi connectivity index (χ4v) is 3.09. The number of nitrogens with one attached hydrogen (secondary N) is 1. The van der Waals surface area contributed by atoms with Crippen LogP contribution >= 0.6 is 0 Å². The first-order valence-corrected chi connectivity index (χ1v) is 8.91. The van der Waals surface area contributed by atoms with Crippen molar-refractivity contribution in [3.05, 3.63) is 63.2 Å². The zero-order valence-electron chi connectivity index (χ0n) is 15.4. The second-order valence-electron chi connectivity index (χ2n) is 6.51. The number of carbonyl (C=O) groups excluding carboxylic acids is 1. The maximum absolute atomic E-state index is 12.2. The number of amides is 1. The van der Waals surface area contributed by atoms with Crippen molar-refractivity contribution in [2.45, 2.75) is 39.3 Å². The first kappa shape index (κ1) is 18.7. The average molecular weight is 370 g/mol. The number of nitro groups is 1. The maximum Gasteiger partial charge on any atom is 0.269 e. The summed E-state index contributed by atoms with van der Waals surface area (Å²) >= 11 is 0. The zero-order chi connectivity index (χ0) is 19.4. The number of nitro benzene ring substituents is 1. The molecule has 1 aliphatic heterocycles. The summed E-state index contributed by atoms with van der Waals surface area (Å²) in [5.41, 5.74) is 2.70. The summed E-state index contributed by atoms with van der Waals surface area (Å²) < 4.78 is 11.5. The number of nitrogens with zero attached hydrogens (tertiary/aromatic N) is 1. The van der Waals surface area contributed by atoms with Crippen molar-refractivity contribution < 1.29 is 19.2 Å². The molecule has 0 radical (unpaired) electrons. The second kappa shape index (κ2) is 8.07. The molecule has 1 amide bonds. The molecular formula is C20H22N2O5. The van der Waals surface area contributed by atoms with E-state index in [9.17, 15) is 14.9 Å². The molecule has 1 N–H and O–H groups in total. The molecule has 0 aromatic heterocycles. The molecule has 0 aliphatic carbocycles. The van der Waals surface area contributed by atoms with Crippen molar-refractivity contribution in [3.63, 3.8) is 0 Å². The van der Waals surface area contributed by atoms with Gasteiger partial charge in [-0.1, -0.05) is 12.1 Å². The first-order chi connectivity index (χ1) is 13.0. The summed E-state index contributed by atoms with van der Waals surface area (Å²) in [4.78, 5) is 22.5. The van der Waals surface area contributed by atoms with Crippen LogP contribution in [0.25, 0.3) is 0 Å². The standard InChI is InChI=1S/C20H22N2O5/c1-3-26-18-10-15-8-13(2)27-19(15)11-16(18)12-21-20(23)9-14-4-6-17(7-5-14)22(24)25/h4-7,10-11,13H,3,8-9,12H2,1-2H3,(H,21,23). The molecule has 0 saturated heterocycles. The monoisotopic (exact) mass is 370 g/mol. The number of fused-ring (bicyclic) bond motifs is 1. The second-order valence-corrected chi connectivity index (χ2v) is 6.51. The number of non-ortho nitro benzene ring substituents is 1. The van der Waals surface area contributed by atoms with Gasteiger partial charge in [-0.25, -0.2) is 0 Å². The highest BCUT2D eigenvalue weighted by Crippen LogP contribution is 2.35. The maximum atomic E-state index is 12.2. The van der Waals surface area contributed by atoms with Crippen LogP contribution in [-0.2, 0) is 24.2 Å². The molecule has 3 rings (SSSR count). The molecule has 27 heavy (non-hydrogen) atoms. The van der Waals surface area contributed by atoms with Gasteiger partial charge in [-0.3, -0.25) is 14.9 Å². The molecular weight excluding hydrogens is 348 g/mol. The summed E-state index contributed by atoms with van der Waals surface area (Å²) in [5, 5.41) is 13.6. The van der Waals surface area contributed by atoms with Crippen LogP contribution in [0.1, 0.15) is 30.5 Å². The third-order valence-corrected chi connectivity index (χ3v) is 4.37. The molecule has 7 heteroatoms. The number of hydrogen-bond acceptors (Lipinski definition) is 5. The summed E-state index contributed by atoms with van der Waals surface area (Å²) in [7, 11) is 0. The molecule has 0 bridgehead atoms. The van der Waals surface area contributed by atoms with E-state index in [1.54, 1.807) is 12.1 Å². The molecule has 1 unspecified atom stereocenters. The van der Waals surface area contributed by atoms with Crippen LogP contribution in [-0.4, -0.2) is 23.5 Å². The lowest BCUT2D eigenvalue weighted by Gasteiger charge is -2.13. The molecule has 1 heterocycles. The SMILES string of the molecule is CCOc1cc2c(cc1CNC(=O)Cc1ccc([N+](=O)[O-])cc1)OC(C)C2. The lowest BCUT2D eigenvalue weighted by molar-refractivity contribution is -0.384. The summed E-state index contributed by atoms with van der Waals surface area (Å²) in [5.74, 6) is 1.43. The van der Waals surface area contributed by atoms with Crippen LogP contribution in [0, 0.1) is 10.1 Å². The van der Waals surface area contributed by atoms with Gasteiger partial charge in [-0.15, -0.1) is 0 Å². The van der Waals surface area contributed by atoms with Crippen LogP contribution in [0.3, 0.4) is 0 Å². The highest BCUT2D eigenvalue weighted by Gasteiger charge is 2.22. The topological polar surface area (TPSA) is 90.7 Å². The Morgan fingerprint density at radius 3 is 2.74 bits per heavy atom. The molecule has 1 aliphatic rings. The van der Waals surface area contributed by atoms with E-state index in [4.69, 9.17) is 9.47 Å². The normalized spacial score (nSPS) is 15.0. The Kier molecular flexibility index (Phi) is 5.59. The lowest BCUT2D eigenvalue weighted by Crippen LogP contribution is -2.24. The highest BCUT2D eigenvalue weighted by atomic mass is 16.6. The Morgan fingerprint density at radius 2 is 2.07 bits per heavy atom. The van der Waals surface area contributed by atoms with Gasteiger partial charge in [0.05, 0.1) is 18.0 Å². The lowest BCUT2D eigenvalue weighted by atomic mass is 10.1. The van der Waals surface area contributed by atoms with E-state index in [0.29, 0.717) is 18.7 Å². The van der Waals surface area contributed by atoms with E-state index in [2.05, 4.69) is 5.32 Å². The van der Waals surface area contributed by atoms with Crippen LogP contribution in [0.15, 0.2) is 36.4 Å². The van der Waals surface area contributed by atoms with E-state index in [0.717, 1.165) is 29.0 Å². The third kappa shape index (κ3) is 4.55. The number of carbonyl (C=O) groups is 1. The van der Waals surface area contributed by atoms with E-state index >= 15 is 0 Å². The summed E-state index contributed by atoms with van der Waals surface area (Å²) in [6.45, 7) is 4.81. The van der Waals surface area contributed by atoms with Crippen LogP contribution in [0.2, 0.25) is 0 Å². The van der Waals surface area contributed by atoms with Crippen molar-refractivity contribution in [1.29, 1.82) is 0 Å². The van der Waals surface area contributed by atoms with Crippen molar-refractivity contribution in [1.82, 2.24) is 5.32 Å². The van der Waals surface area contributed by atoms with Gasteiger partial charge in [0.15, 0.2) is 0 Å². The van der Waals surface area contributed by atoms with Crippen LogP contribution < -0.4 is 14.8 Å². The van der Waals surface area contributed by atoms with Crippen molar-refractivity contribution in [2.75, 3.05) is 6.61 Å². The molecule has 1 atom stereocenters. The zero-order valence-corrected chi connectivity index (χ0v) is 15.4. The number of rotatable bonds is 7. The van der Waals surface area contributed by atoms with Gasteiger partial charge in [0.1, 0.15) is 17.6 Å². The molecule has 0 saturated carbocycles. The summed E-state index contributed by atoms with van der Waals surface area (Å²) in [6, 6.07) is 9.89. The van der Waals surface area contributed by atoms with Crippen molar-refractivity contribution in [3.8, 4) is 11.5 Å². The predicted octanol–water partition coefficient (Wildman–Crippen LogP) is 3.18. The Morgan fingerprint density at radius 1 is 1.33 bits per heavy atom. The van der Waals surface area contributed by atoms with Gasteiger partial charge in [-0.2, -0.15) is 0 Å². The average Bonchev–Trinajstić information content (AvgIpc) is 2.99. The molecule has 0 fully saturated rings. The first-order valence-electron chi connectivity index (χ1n) is 8.91. The Hall–Kier alpha value is -3.09. The van der Waals surface area contributed by atoms with E-state index in [1.807, 2.05) is 26.0 Å². The van der Waals surface area contributed by atoms with E-state index in [-0.39, 0.29) is 24.1 Å². The molecule has 2 aromatic rings. The largest absolute Gasteiger partial charge is 0.494 e. The van der Waals surface area contributed by atoms with Gasteiger partial charge < -0.3 is 14.8 Å². The summed E-state index contributed by atoms with van der Waals surface area (Å²) in [6.07, 6.45) is 1.14. The Balaban J connectivity index is 1.64. The fourth-order valence-electron chi connectivity index (χ4n) is 3.09. The van der Waals surface area contributed by atoms with Crippen molar-refractivity contribution >= 4 is 11.6 Å². The number of ether oxygens (including phenoxy) is 2. The number of hydrogen-bond donors (Lipinski definition) is 1. The minimum absolute atomic E-state index is 0.00730. The van der Waals surface area contributed by atoms with Gasteiger partial charge in [-0.05, 0) is 31.5 Å². The quantitative estimate of drug-likeness (QED) is 0.597. The molecule has 2 aromatic carbocycles. The van der Waals surface area contributed by atoms with Gasteiger partial charge in [0.2, 0.25) is 5.91 Å². The van der Waals surface area contributed by atoms with Crippen LogP contribution in [0.4, 0.5) is 5.69 Å². The van der Waals surface area contributed by atoms with E-state index in [1.165, 1.54) is 12.1 Å². The highest BCUT2D eigenvalue weighted by molar-refractivity contribution is 5.78. The van der Waals surface area contributed by atoms with Gasteiger partial charge in [0, 0.05) is 36.2 Å². The van der Waals surface area contributed by atoms with Gasteiger partial charge >= 0.3 is 0 Å². The Labute approximate surface area is 157 Å². The molecule has 0 spiro atoms. The fraction of sp³-hybridized carbons (Fsp3) is 0.350. The third-order valence-electron chi connectivity index (χ3n) is 4.37. The van der Waals surface area contributed by atoms with Crippen molar-refractivity contribution in [2.24, 2.45) is 0 Å². The minimum Gasteiger partial charge on any atom is -0.494 e. The Bertz CT molecular complexity index is 848. The number of benzene rings is 2. The van der Waals surface area contributed by atoms with Crippen LogP contribution in [0.5, 0.6) is 11.5 Å². The molecule has 7 nitrogen and oxygen atoms in total. The molecule has 142 valence electrons. The smallest absolute Gasteiger partial charge is 0.269 e. The van der Waals surface area contributed by atoms with Gasteiger partial charge in [0.25, 0.3) is 5.69 Å². The minimum atomic E-state index is -0.462. The predicted molar refractivity (Wildman–Crippen MR) is 100 cm³/mol.